The van der Waals surface area contributed by atoms with Gasteiger partial charge in [0.05, 0.1) is 32.0 Å². The van der Waals surface area contributed by atoms with Crippen LogP contribution in [0.4, 0.5) is 0 Å². The van der Waals surface area contributed by atoms with Crippen molar-refractivity contribution in [2.45, 2.75) is 209 Å². The minimum absolute atomic E-state index is 0.190. The van der Waals surface area contributed by atoms with E-state index in [1.165, 1.54) is 51.4 Å². The molecule has 1 amide bonds. The SMILES string of the molecule is CC/C=C\C/C=C\C/C=C\C/C=C\C/C=C\CCCC(=O)NC(COC1OC(CO)C(OC2OC(CO)C(O)C(O)C2O)C(O)C1O)C(O)/C=C/CC/C=C/CCCCCCCCCC. The summed E-state index contributed by atoms with van der Waals surface area (Å²) in [6.45, 7) is 2.57. The van der Waals surface area contributed by atoms with Crippen molar-refractivity contribution in [2.24, 2.45) is 0 Å². The van der Waals surface area contributed by atoms with E-state index >= 15 is 0 Å². The van der Waals surface area contributed by atoms with Gasteiger partial charge in [-0.25, -0.2) is 0 Å². The molecule has 0 spiro atoms. The maximum Gasteiger partial charge on any atom is 0.220 e. The number of amides is 1. The number of hydrogen-bond acceptors (Lipinski definition) is 13. The average Bonchev–Trinajstić information content (AvgIpc) is 3.30. The highest BCUT2D eigenvalue weighted by molar-refractivity contribution is 5.76. The smallest absolute Gasteiger partial charge is 0.220 e. The first-order valence-electron chi connectivity index (χ1n) is 24.3. The van der Waals surface area contributed by atoms with Crippen LogP contribution in [0.25, 0.3) is 0 Å². The van der Waals surface area contributed by atoms with E-state index in [0.29, 0.717) is 19.3 Å². The van der Waals surface area contributed by atoms with Gasteiger partial charge in [-0.15, -0.1) is 0 Å². The van der Waals surface area contributed by atoms with E-state index in [2.05, 4.69) is 86.0 Å². The largest absolute Gasteiger partial charge is 0.394 e. The Morgan fingerprint density at radius 3 is 1.69 bits per heavy atom. The third-order valence-corrected chi connectivity index (χ3v) is 11.3. The Bertz CT molecular complexity index is 1410. The lowest BCUT2D eigenvalue weighted by molar-refractivity contribution is -0.359. The Morgan fingerprint density at radius 1 is 0.569 bits per heavy atom. The quantitative estimate of drug-likeness (QED) is 0.0270. The summed E-state index contributed by atoms with van der Waals surface area (Å²) < 4.78 is 22.6. The Hall–Kier alpha value is -2.83. The zero-order valence-corrected chi connectivity index (χ0v) is 39.2. The predicted octanol–water partition coefficient (Wildman–Crippen LogP) is 5.82. The highest BCUT2D eigenvalue weighted by atomic mass is 16.7. The minimum Gasteiger partial charge on any atom is -0.394 e. The van der Waals surface area contributed by atoms with Gasteiger partial charge in [0.15, 0.2) is 12.6 Å². The second-order valence-corrected chi connectivity index (χ2v) is 16.8. The van der Waals surface area contributed by atoms with E-state index in [1.54, 1.807) is 6.08 Å². The first-order valence-corrected chi connectivity index (χ1v) is 24.3. The van der Waals surface area contributed by atoms with Crippen LogP contribution in [-0.2, 0) is 23.7 Å². The number of carbonyl (C=O) groups is 1. The number of nitrogens with one attached hydrogen (secondary N) is 1. The molecule has 65 heavy (non-hydrogen) atoms. The molecule has 0 aliphatic carbocycles. The minimum atomic E-state index is -1.80. The van der Waals surface area contributed by atoms with Crippen LogP contribution in [0.1, 0.15) is 136 Å². The summed E-state index contributed by atoms with van der Waals surface area (Å²) in [7, 11) is 0. The van der Waals surface area contributed by atoms with Crippen LogP contribution >= 0.6 is 0 Å². The lowest BCUT2D eigenvalue weighted by Crippen LogP contribution is -2.65. The third-order valence-electron chi connectivity index (χ3n) is 11.3. The Labute approximate surface area is 389 Å². The zero-order valence-electron chi connectivity index (χ0n) is 39.2. The van der Waals surface area contributed by atoms with Crippen LogP contribution < -0.4 is 5.32 Å². The Balaban J connectivity index is 1.92. The van der Waals surface area contributed by atoms with Gasteiger partial charge in [0.1, 0.15) is 48.8 Å². The number of carbonyl (C=O) groups excluding carboxylic acids is 1. The number of unbranched alkanes of at least 4 members (excludes halogenated alkanes) is 10. The van der Waals surface area contributed by atoms with Gasteiger partial charge >= 0.3 is 0 Å². The maximum atomic E-state index is 13.1. The van der Waals surface area contributed by atoms with Gasteiger partial charge < -0.3 is 65.1 Å². The van der Waals surface area contributed by atoms with E-state index in [0.717, 1.165) is 44.9 Å². The molecule has 0 bridgehead atoms. The summed E-state index contributed by atoms with van der Waals surface area (Å²) >= 11 is 0. The molecule has 0 radical (unpaired) electrons. The second kappa shape index (κ2) is 37.2. The van der Waals surface area contributed by atoms with Crippen molar-refractivity contribution < 1.29 is 64.6 Å². The summed E-state index contributed by atoms with van der Waals surface area (Å²) in [5, 5.41) is 86.5. The van der Waals surface area contributed by atoms with Gasteiger partial charge in [-0.2, -0.15) is 0 Å². The molecule has 12 atom stereocenters. The van der Waals surface area contributed by atoms with Crippen molar-refractivity contribution in [1.82, 2.24) is 5.32 Å². The zero-order chi connectivity index (χ0) is 47.5. The monoisotopic (exact) mass is 920 g/mol. The van der Waals surface area contributed by atoms with E-state index in [9.17, 15) is 45.6 Å². The molecule has 12 unspecified atom stereocenters. The van der Waals surface area contributed by atoms with Gasteiger partial charge in [0, 0.05) is 6.42 Å². The molecule has 2 aliphatic heterocycles. The number of aliphatic hydroxyl groups is 8. The summed E-state index contributed by atoms with van der Waals surface area (Å²) in [5.74, 6) is -0.311. The molecule has 0 aromatic heterocycles. The van der Waals surface area contributed by atoms with Crippen molar-refractivity contribution in [3.8, 4) is 0 Å². The molecular weight excluding hydrogens is 835 g/mol. The first-order chi connectivity index (χ1) is 31.6. The van der Waals surface area contributed by atoms with Gasteiger partial charge in [-0.05, 0) is 70.6 Å². The number of rotatable bonds is 35. The van der Waals surface area contributed by atoms with E-state index < -0.39 is 86.8 Å². The molecule has 14 heteroatoms. The van der Waals surface area contributed by atoms with Gasteiger partial charge in [-0.1, -0.05) is 144 Å². The average molecular weight is 920 g/mol. The second-order valence-electron chi connectivity index (χ2n) is 16.8. The van der Waals surface area contributed by atoms with Crippen molar-refractivity contribution >= 4 is 5.91 Å². The maximum absolute atomic E-state index is 13.1. The molecule has 2 heterocycles. The molecule has 372 valence electrons. The summed E-state index contributed by atoms with van der Waals surface area (Å²) in [4.78, 5) is 13.1. The third kappa shape index (κ3) is 24.7. The topological polar surface area (TPSA) is 228 Å². The van der Waals surface area contributed by atoms with Crippen LogP contribution in [0.2, 0.25) is 0 Å². The predicted molar refractivity (Wildman–Crippen MR) is 253 cm³/mol. The molecule has 2 saturated heterocycles. The van der Waals surface area contributed by atoms with E-state index in [4.69, 9.17) is 18.9 Å². The summed E-state index contributed by atoms with van der Waals surface area (Å²) in [6, 6.07) is -0.964. The summed E-state index contributed by atoms with van der Waals surface area (Å²) in [5.41, 5.74) is 0. The lowest BCUT2D eigenvalue weighted by atomic mass is 9.97. The van der Waals surface area contributed by atoms with Crippen molar-refractivity contribution in [3.63, 3.8) is 0 Å². The number of aliphatic hydroxyl groups excluding tert-OH is 8. The highest BCUT2D eigenvalue weighted by Gasteiger charge is 2.51. The van der Waals surface area contributed by atoms with Gasteiger partial charge in [-0.3, -0.25) is 4.79 Å². The van der Waals surface area contributed by atoms with Crippen LogP contribution in [0.15, 0.2) is 85.1 Å². The molecule has 0 aromatic rings. The summed E-state index contributed by atoms with van der Waals surface area (Å²) in [6.07, 6.45) is 30.6. The Morgan fingerprint density at radius 2 is 1.08 bits per heavy atom. The molecular formula is C51H85NO13. The van der Waals surface area contributed by atoms with Crippen LogP contribution in [0.3, 0.4) is 0 Å². The molecule has 0 saturated carbocycles. The fraction of sp³-hybridized carbons (Fsp3) is 0.706. The van der Waals surface area contributed by atoms with Crippen molar-refractivity contribution in [1.29, 1.82) is 0 Å². The Kier molecular flexibility index (Phi) is 33.4. The molecule has 2 aliphatic rings. The molecule has 2 fully saturated rings. The van der Waals surface area contributed by atoms with Crippen LogP contribution in [-0.4, -0.2) is 140 Å². The number of ether oxygens (including phenoxy) is 4. The number of hydrogen-bond donors (Lipinski definition) is 9. The van der Waals surface area contributed by atoms with Crippen molar-refractivity contribution in [2.75, 3.05) is 19.8 Å². The lowest BCUT2D eigenvalue weighted by Gasteiger charge is -2.46. The van der Waals surface area contributed by atoms with Gasteiger partial charge in [0.25, 0.3) is 0 Å². The van der Waals surface area contributed by atoms with Gasteiger partial charge in [0.2, 0.25) is 5.91 Å². The normalized spacial score (nSPS) is 27.8. The molecule has 2 rings (SSSR count). The molecule has 14 nitrogen and oxygen atoms in total. The number of allylic oxidation sites excluding steroid dienone is 13. The fourth-order valence-electron chi connectivity index (χ4n) is 7.34. The van der Waals surface area contributed by atoms with Crippen LogP contribution in [0.5, 0.6) is 0 Å². The molecule has 9 N–H and O–H groups in total. The molecule has 0 aromatic carbocycles. The first kappa shape index (κ1) is 58.3. The fourth-order valence-corrected chi connectivity index (χ4v) is 7.34. The van der Waals surface area contributed by atoms with Crippen molar-refractivity contribution in [3.05, 3.63) is 85.1 Å². The van der Waals surface area contributed by atoms with Crippen LogP contribution in [0, 0.1) is 0 Å². The van der Waals surface area contributed by atoms with E-state index in [1.807, 2.05) is 12.2 Å². The standard InChI is InChI=1S/C51H85NO13/c1-3-5-7-9-11-13-15-17-19-20-21-23-25-27-29-31-33-35-43(56)52-39(40(55)34-32-30-28-26-24-22-18-16-14-12-10-8-6-4-2)38-62-50-48(61)46(59)49(42(37-54)64-50)65-51-47(60)45(58)44(57)41(36-53)63-51/h5,7,11,13,17,19,21,23-24,26-27,29,32,34,39-42,44-51,53-55,57-61H,3-4,6,8-10,12,14-16,18,20,22,25,28,30-31,33,35-38H2,1-2H3,(H,52,56)/b7-5-,13-11-,19-17-,23-21-,26-24+,29-27-,34-32+. The van der Waals surface area contributed by atoms with E-state index in [-0.39, 0.29) is 18.9 Å². The highest BCUT2D eigenvalue weighted by Crippen LogP contribution is 2.30.